The third kappa shape index (κ3) is 3.99. The molecule has 0 saturated heterocycles. The molecule has 6 nitrogen and oxygen atoms in total. The van der Waals surface area contributed by atoms with Crippen molar-refractivity contribution < 1.29 is 17.5 Å². The van der Waals surface area contributed by atoms with Crippen LogP contribution in [0.2, 0.25) is 0 Å². The van der Waals surface area contributed by atoms with E-state index >= 15 is 0 Å². The largest absolute Gasteiger partial charge is 0.394 e. The first-order chi connectivity index (χ1) is 6.47. The number of benzene rings is 1. The molecule has 0 aliphatic rings. The fraction of sp³-hybridized carbons (Fsp3) is 0. The molecule has 0 radical (unpaired) electrons. The molecule has 0 aliphatic carbocycles. The van der Waals surface area contributed by atoms with Gasteiger partial charge in [0.1, 0.15) is 0 Å². The zero-order valence-corrected chi connectivity index (χ0v) is 7.77. The first-order valence-corrected chi connectivity index (χ1v) is 4.94. The molecular weight excluding hydrogens is 208 g/mol. The number of nitrogens with one attached hydrogen (secondary N) is 1. The second kappa shape index (κ2) is 4.18. The van der Waals surface area contributed by atoms with Crippen LogP contribution in [0.5, 0.6) is 0 Å². The van der Waals surface area contributed by atoms with Crippen LogP contribution >= 0.6 is 0 Å². The maximum Gasteiger partial charge on any atom is 0.394 e. The molecule has 0 aliphatic heterocycles. The smallest absolute Gasteiger partial charge is 0.345 e. The molecule has 0 atom stereocenters. The molecule has 1 heterocycles. The van der Waals surface area contributed by atoms with Gasteiger partial charge in [-0.2, -0.15) is 8.42 Å². The molecule has 2 aromatic rings. The molecule has 1 aromatic heterocycles. The molecule has 2 rings (SSSR count). The zero-order chi connectivity index (χ0) is 10.6. The Hall–Kier alpha value is -1.44. The van der Waals surface area contributed by atoms with E-state index in [2.05, 4.69) is 9.97 Å². The van der Waals surface area contributed by atoms with Gasteiger partial charge >= 0.3 is 10.4 Å². The molecule has 0 saturated carbocycles. The average molecular weight is 216 g/mol. The van der Waals surface area contributed by atoms with E-state index in [1.165, 1.54) is 0 Å². The van der Waals surface area contributed by atoms with E-state index < -0.39 is 10.4 Å². The minimum atomic E-state index is -4.67. The number of aromatic amines is 1. The number of nitrogens with zero attached hydrogens (tertiary/aromatic N) is 1. The lowest BCUT2D eigenvalue weighted by molar-refractivity contribution is 0.381. The third-order valence-electron chi connectivity index (χ3n) is 1.33. The molecule has 0 amide bonds. The fourth-order valence-electron chi connectivity index (χ4n) is 0.880. The summed E-state index contributed by atoms with van der Waals surface area (Å²) < 4.78 is 31.6. The maximum atomic E-state index is 8.74. The summed E-state index contributed by atoms with van der Waals surface area (Å²) in [5.41, 5.74) is 2.12. The van der Waals surface area contributed by atoms with Gasteiger partial charge in [-0.15, -0.1) is 0 Å². The van der Waals surface area contributed by atoms with Crippen LogP contribution in [0.1, 0.15) is 0 Å². The minimum Gasteiger partial charge on any atom is -0.345 e. The Morgan fingerprint density at radius 1 is 1.21 bits per heavy atom. The Balaban J connectivity index is 0.000000171. The predicted molar refractivity (Wildman–Crippen MR) is 50.3 cm³/mol. The normalized spacial score (nSPS) is 10.7. The highest BCUT2D eigenvalue weighted by molar-refractivity contribution is 7.79. The van der Waals surface area contributed by atoms with Crippen molar-refractivity contribution in [2.24, 2.45) is 0 Å². The molecule has 1 aromatic carbocycles. The number of rotatable bonds is 0. The molecule has 0 unspecified atom stereocenters. The van der Waals surface area contributed by atoms with Crippen LogP contribution in [0.15, 0.2) is 30.6 Å². The van der Waals surface area contributed by atoms with Gasteiger partial charge in [-0.25, -0.2) is 4.98 Å². The average Bonchev–Trinajstić information content (AvgIpc) is 2.47. The van der Waals surface area contributed by atoms with E-state index in [0.29, 0.717) is 0 Å². The summed E-state index contributed by atoms with van der Waals surface area (Å²) in [6.45, 7) is 0. The molecule has 14 heavy (non-hydrogen) atoms. The van der Waals surface area contributed by atoms with Crippen LogP contribution in [-0.4, -0.2) is 27.5 Å². The van der Waals surface area contributed by atoms with E-state index in [-0.39, 0.29) is 0 Å². The van der Waals surface area contributed by atoms with Gasteiger partial charge in [-0.1, -0.05) is 12.1 Å². The van der Waals surface area contributed by atoms with Crippen molar-refractivity contribution in [2.45, 2.75) is 0 Å². The van der Waals surface area contributed by atoms with Crippen molar-refractivity contribution in [3.8, 4) is 0 Å². The Morgan fingerprint density at radius 3 is 2.36 bits per heavy atom. The molecule has 0 bridgehead atoms. The second-order valence-corrected chi connectivity index (χ2v) is 3.26. The highest BCUT2D eigenvalue weighted by Crippen LogP contribution is 2.05. The summed E-state index contributed by atoms with van der Waals surface area (Å²) in [7, 11) is -4.67. The van der Waals surface area contributed by atoms with Gasteiger partial charge in [0.15, 0.2) is 0 Å². The second-order valence-electron chi connectivity index (χ2n) is 2.37. The van der Waals surface area contributed by atoms with Crippen molar-refractivity contribution in [2.75, 3.05) is 0 Å². The standard InChI is InChI=1S/C7H6N2.H2O4S/c1-2-4-7-6(3-1)8-5-9-7;1-5(2,3)4/h1-5H,(H,8,9);(H2,1,2,3,4). The van der Waals surface area contributed by atoms with Gasteiger partial charge in [0, 0.05) is 0 Å². The number of imidazole rings is 1. The van der Waals surface area contributed by atoms with Crippen molar-refractivity contribution in [3.05, 3.63) is 30.6 Å². The monoisotopic (exact) mass is 216 g/mol. The fourth-order valence-corrected chi connectivity index (χ4v) is 0.880. The summed E-state index contributed by atoms with van der Waals surface area (Å²) in [4.78, 5) is 7.07. The van der Waals surface area contributed by atoms with E-state index in [0.717, 1.165) is 11.0 Å². The van der Waals surface area contributed by atoms with Gasteiger partial charge in [-0.05, 0) is 12.1 Å². The van der Waals surface area contributed by atoms with Gasteiger partial charge < -0.3 is 4.98 Å². The van der Waals surface area contributed by atoms with Gasteiger partial charge in [0.25, 0.3) is 0 Å². The summed E-state index contributed by atoms with van der Waals surface area (Å²) in [5.74, 6) is 0. The lowest BCUT2D eigenvalue weighted by atomic mass is 10.3. The topological polar surface area (TPSA) is 103 Å². The van der Waals surface area contributed by atoms with Crippen LogP contribution in [0.25, 0.3) is 11.0 Å². The summed E-state index contributed by atoms with van der Waals surface area (Å²) in [6.07, 6.45) is 1.70. The quantitative estimate of drug-likeness (QED) is 0.568. The Morgan fingerprint density at radius 2 is 1.79 bits per heavy atom. The first-order valence-electron chi connectivity index (χ1n) is 3.55. The molecule has 76 valence electrons. The lowest BCUT2D eigenvalue weighted by Gasteiger charge is -1.81. The maximum absolute atomic E-state index is 8.74. The molecule has 3 N–H and O–H groups in total. The van der Waals surface area contributed by atoms with Crippen molar-refractivity contribution in [1.82, 2.24) is 9.97 Å². The third-order valence-corrected chi connectivity index (χ3v) is 1.33. The van der Waals surface area contributed by atoms with Crippen LogP contribution < -0.4 is 0 Å². The number of para-hydroxylation sites is 2. The van der Waals surface area contributed by atoms with Gasteiger partial charge in [0.05, 0.1) is 17.4 Å². The summed E-state index contributed by atoms with van der Waals surface area (Å²) in [5, 5.41) is 0. The summed E-state index contributed by atoms with van der Waals surface area (Å²) in [6, 6.07) is 7.94. The minimum absolute atomic E-state index is 1.03. The molecular formula is C7H8N2O4S. The number of fused-ring (bicyclic) bond motifs is 1. The van der Waals surface area contributed by atoms with Crippen LogP contribution in [0.4, 0.5) is 0 Å². The lowest BCUT2D eigenvalue weighted by Crippen LogP contribution is -1.89. The van der Waals surface area contributed by atoms with E-state index in [1.807, 2.05) is 24.3 Å². The number of aromatic nitrogens is 2. The number of H-pyrrole nitrogens is 1. The number of hydrogen-bond acceptors (Lipinski definition) is 3. The molecule has 0 spiro atoms. The molecule has 0 fully saturated rings. The van der Waals surface area contributed by atoms with Crippen LogP contribution in [0, 0.1) is 0 Å². The van der Waals surface area contributed by atoms with Crippen LogP contribution in [-0.2, 0) is 10.4 Å². The summed E-state index contributed by atoms with van der Waals surface area (Å²) >= 11 is 0. The Labute approximate surface area is 80.2 Å². The van der Waals surface area contributed by atoms with Gasteiger partial charge in [-0.3, -0.25) is 9.11 Å². The highest BCUT2D eigenvalue weighted by atomic mass is 32.3. The van der Waals surface area contributed by atoms with Gasteiger partial charge in [0.2, 0.25) is 0 Å². The van der Waals surface area contributed by atoms with Crippen molar-refractivity contribution in [1.29, 1.82) is 0 Å². The van der Waals surface area contributed by atoms with E-state index in [1.54, 1.807) is 6.33 Å². The Kier molecular flexibility index (Phi) is 3.18. The zero-order valence-electron chi connectivity index (χ0n) is 6.95. The first kappa shape index (κ1) is 10.6. The van der Waals surface area contributed by atoms with Crippen molar-refractivity contribution >= 4 is 21.4 Å². The van der Waals surface area contributed by atoms with E-state index in [9.17, 15) is 0 Å². The SMILES string of the molecule is O=S(=O)(O)O.c1ccc2[nH]cnc2c1. The highest BCUT2D eigenvalue weighted by Gasteiger charge is 1.88. The van der Waals surface area contributed by atoms with Crippen LogP contribution in [0.3, 0.4) is 0 Å². The number of hydrogen-bond donors (Lipinski definition) is 3. The van der Waals surface area contributed by atoms with Crippen molar-refractivity contribution in [3.63, 3.8) is 0 Å². The molecule has 7 heteroatoms. The van der Waals surface area contributed by atoms with E-state index in [4.69, 9.17) is 17.5 Å². The predicted octanol–water partition coefficient (Wildman–Crippen LogP) is 0.910. The Bertz CT molecular complexity index is 467.